The summed E-state index contributed by atoms with van der Waals surface area (Å²) in [6.45, 7) is 6.03. The number of carbonyl (C=O) groups excluding carboxylic acids is 1. The Kier molecular flexibility index (Phi) is 7.39. The highest BCUT2D eigenvalue weighted by atomic mass is 32.2. The summed E-state index contributed by atoms with van der Waals surface area (Å²) in [7, 11) is 0. The first-order chi connectivity index (χ1) is 16.4. The number of aromatic nitrogens is 3. The Balaban J connectivity index is 1.51. The van der Waals surface area contributed by atoms with Crippen molar-refractivity contribution in [3.63, 3.8) is 0 Å². The normalized spacial score (nSPS) is 10.6. The number of amides is 1. The van der Waals surface area contributed by atoms with Gasteiger partial charge in [0.05, 0.1) is 5.75 Å². The number of benzene rings is 3. The van der Waals surface area contributed by atoms with E-state index in [0.29, 0.717) is 17.1 Å². The van der Waals surface area contributed by atoms with E-state index in [0.717, 1.165) is 22.6 Å². The largest absolute Gasteiger partial charge is 0.325 e. The lowest BCUT2D eigenvalue weighted by molar-refractivity contribution is -0.113. The molecule has 3 N–H and O–H groups in total. The number of nitrogens with one attached hydrogen (secondary N) is 3. The summed E-state index contributed by atoms with van der Waals surface area (Å²) in [5, 5.41) is 9.83. The molecule has 0 bridgehead atoms. The molecule has 0 saturated carbocycles. The van der Waals surface area contributed by atoms with Crippen LogP contribution in [0.25, 0.3) is 0 Å². The molecular formula is C26H26N6OS. The summed E-state index contributed by atoms with van der Waals surface area (Å²) in [5.41, 5.74) is 5.87. The summed E-state index contributed by atoms with van der Waals surface area (Å²) in [6, 6.07) is 23.6. The number of aryl methyl sites for hydroxylation is 3. The highest BCUT2D eigenvalue weighted by Gasteiger charge is 2.11. The third-order valence-electron chi connectivity index (χ3n) is 4.98. The van der Waals surface area contributed by atoms with Crippen LogP contribution in [0.15, 0.2) is 78.0 Å². The Morgan fingerprint density at radius 3 is 1.79 bits per heavy atom. The standard InChI is InChI=1S/C26H26N6OS/c1-17-8-12-20(13-9-17)27-24-30-25(28-21-14-10-18(2)11-15-21)32-26(31-24)34-16-23(33)29-22-7-5-4-6-19(22)3/h4-15H,16H2,1-3H3,(H,29,33)(H2,27,28,30,31,32). The van der Waals surface area contributed by atoms with Gasteiger partial charge in [0.25, 0.3) is 0 Å². The quantitative estimate of drug-likeness (QED) is 0.271. The summed E-state index contributed by atoms with van der Waals surface area (Å²) in [6.07, 6.45) is 0. The first-order valence-corrected chi connectivity index (χ1v) is 11.8. The lowest BCUT2D eigenvalue weighted by atomic mass is 10.2. The smallest absolute Gasteiger partial charge is 0.234 e. The topological polar surface area (TPSA) is 91.8 Å². The van der Waals surface area contributed by atoms with Gasteiger partial charge in [-0.2, -0.15) is 15.0 Å². The number of thioether (sulfide) groups is 1. The number of rotatable bonds is 8. The molecule has 34 heavy (non-hydrogen) atoms. The van der Waals surface area contributed by atoms with Crippen molar-refractivity contribution in [2.24, 2.45) is 0 Å². The molecule has 4 rings (SSSR count). The predicted molar refractivity (Wildman–Crippen MR) is 139 cm³/mol. The van der Waals surface area contributed by atoms with Crippen molar-refractivity contribution in [2.75, 3.05) is 21.7 Å². The van der Waals surface area contributed by atoms with Gasteiger partial charge in [-0.05, 0) is 56.7 Å². The molecule has 1 amide bonds. The van der Waals surface area contributed by atoms with E-state index in [1.165, 1.54) is 22.9 Å². The third kappa shape index (κ3) is 6.55. The van der Waals surface area contributed by atoms with Crippen LogP contribution in [0.5, 0.6) is 0 Å². The van der Waals surface area contributed by atoms with Crippen LogP contribution in [-0.2, 0) is 4.79 Å². The van der Waals surface area contributed by atoms with Crippen LogP contribution in [0, 0.1) is 20.8 Å². The highest BCUT2D eigenvalue weighted by Crippen LogP contribution is 2.22. The van der Waals surface area contributed by atoms with Gasteiger partial charge in [-0.15, -0.1) is 0 Å². The van der Waals surface area contributed by atoms with Crippen molar-refractivity contribution < 1.29 is 4.79 Å². The number of hydrogen-bond acceptors (Lipinski definition) is 7. The molecule has 4 aromatic rings. The molecule has 0 saturated heterocycles. The summed E-state index contributed by atoms with van der Waals surface area (Å²) in [5.74, 6) is 0.845. The average molecular weight is 471 g/mol. The predicted octanol–water partition coefficient (Wildman–Crippen LogP) is 6.01. The first kappa shape index (κ1) is 23.3. The van der Waals surface area contributed by atoms with Gasteiger partial charge in [0.15, 0.2) is 5.16 Å². The zero-order valence-corrected chi connectivity index (χ0v) is 20.1. The third-order valence-corrected chi connectivity index (χ3v) is 5.83. The molecule has 172 valence electrons. The minimum Gasteiger partial charge on any atom is -0.325 e. The van der Waals surface area contributed by atoms with E-state index in [1.807, 2.05) is 93.6 Å². The minimum atomic E-state index is -0.124. The van der Waals surface area contributed by atoms with Gasteiger partial charge in [0.1, 0.15) is 0 Å². The Morgan fingerprint density at radius 1 is 0.735 bits per heavy atom. The van der Waals surface area contributed by atoms with E-state index in [9.17, 15) is 4.79 Å². The fourth-order valence-electron chi connectivity index (χ4n) is 3.09. The number of carbonyl (C=O) groups is 1. The van der Waals surface area contributed by atoms with Crippen LogP contribution in [0.1, 0.15) is 16.7 Å². The Labute approximate surface area is 203 Å². The molecule has 1 heterocycles. The summed E-state index contributed by atoms with van der Waals surface area (Å²) >= 11 is 1.25. The maximum Gasteiger partial charge on any atom is 0.234 e. The Morgan fingerprint density at radius 2 is 1.26 bits per heavy atom. The zero-order chi connectivity index (χ0) is 23.9. The van der Waals surface area contributed by atoms with E-state index in [-0.39, 0.29) is 11.7 Å². The molecule has 3 aromatic carbocycles. The molecule has 1 aromatic heterocycles. The van der Waals surface area contributed by atoms with E-state index < -0.39 is 0 Å². The molecule has 0 unspecified atom stereocenters. The summed E-state index contributed by atoms with van der Waals surface area (Å²) in [4.78, 5) is 26.1. The van der Waals surface area contributed by atoms with Crippen LogP contribution in [0.3, 0.4) is 0 Å². The van der Waals surface area contributed by atoms with Gasteiger partial charge in [0.2, 0.25) is 17.8 Å². The number of para-hydroxylation sites is 1. The second-order valence-electron chi connectivity index (χ2n) is 7.90. The number of anilines is 5. The van der Waals surface area contributed by atoms with Crippen LogP contribution in [-0.4, -0.2) is 26.6 Å². The van der Waals surface area contributed by atoms with E-state index in [2.05, 4.69) is 30.9 Å². The fraction of sp³-hybridized carbons (Fsp3) is 0.154. The van der Waals surface area contributed by atoms with Gasteiger partial charge in [0, 0.05) is 17.1 Å². The molecule has 0 aliphatic heterocycles. The molecule has 7 nitrogen and oxygen atoms in total. The van der Waals surface area contributed by atoms with Gasteiger partial charge in [-0.1, -0.05) is 65.4 Å². The lowest BCUT2D eigenvalue weighted by Crippen LogP contribution is -2.15. The molecular weight excluding hydrogens is 444 g/mol. The SMILES string of the molecule is Cc1ccc(Nc2nc(Nc3ccc(C)cc3)nc(SCC(=O)Nc3ccccc3C)n2)cc1. The number of nitrogens with zero attached hydrogens (tertiary/aromatic N) is 3. The van der Waals surface area contributed by atoms with E-state index in [1.54, 1.807) is 0 Å². The van der Waals surface area contributed by atoms with E-state index in [4.69, 9.17) is 0 Å². The van der Waals surface area contributed by atoms with Gasteiger partial charge in [-0.25, -0.2) is 0 Å². The summed E-state index contributed by atoms with van der Waals surface area (Å²) < 4.78 is 0. The average Bonchev–Trinajstić information content (AvgIpc) is 2.82. The minimum absolute atomic E-state index is 0.124. The van der Waals surface area contributed by atoms with Crippen molar-refractivity contribution in [1.29, 1.82) is 0 Å². The van der Waals surface area contributed by atoms with Crippen molar-refractivity contribution in [2.45, 2.75) is 25.9 Å². The van der Waals surface area contributed by atoms with E-state index >= 15 is 0 Å². The molecule has 0 aliphatic carbocycles. The highest BCUT2D eigenvalue weighted by molar-refractivity contribution is 7.99. The van der Waals surface area contributed by atoms with Crippen molar-refractivity contribution in [3.05, 3.63) is 89.5 Å². The maximum atomic E-state index is 12.5. The molecule has 0 aliphatic rings. The van der Waals surface area contributed by atoms with Crippen LogP contribution >= 0.6 is 11.8 Å². The van der Waals surface area contributed by atoms with Crippen LogP contribution in [0.2, 0.25) is 0 Å². The van der Waals surface area contributed by atoms with Crippen LogP contribution < -0.4 is 16.0 Å². The monoisotopic (exact) mass is 470 g/mol. The van der Waals surface area contributed by atoms with Crippen molar-refractivity contribution in [3.8, 4) is 0 Å². The first-order valence-electron chi connectivity index (χ1n) is 10.9. The molecule has 0 fully saturated rings. The maximum absolute atomic E-state index is 12.5. The Hall–Kier alpha value is -3.91. The van der Waals surface area contributed by atoms with Gasteiger partial charge >= 0.3 is 0 Å². The molecule has 0 radical (unpaired) electrons. The zero-order valence-electron chi connectivity index (χ0n) is 19.3. The number of hydrogen-bond donors (Lipinski definition) is 3. The van der Waals surface area contributed by atoms with Gasteiger partial charge in [-0.3, -0.25) is 4.79 Å². The Bertz CT molecular complexity index is 1210. The van der Waals surface area contributed by atoms with Crippen LogP contribution in [0.4, 0.5) is 29.0 Å². The van der Waals surface area contributed by atoms with Gasteiger partial charge < -0.3 is 16.0 Å². The second-order valence-corrected chi connectivity index (χ2v) is 8.84. The molecule has 0 spiro atoms. The van der Waals surface area contributed by atoms with Crippen molar-refractivity contribution >= 4 is 46.6 Å². The van der Waals surface area contributed by atoms with Crippen molar-refractivity contribution in [1.82, 2.24) is 15.0 Å². The molecule has 0 atom stereocenters. The lowest BCUT2D eigenvalue weighted by Gasteiger charge is -2.11. The molecule has 8 heteroatoms. The second kappa shape index (κ2) is 10.8. The fourth-order valence-corrected chi connectivity index (χ4v) is 3.73.